The molecule has 0 spiro atoms. The monoisotopic (exact) mass is 382 g/mol. The smallest absolute Gasteiger partial charge is 0.274 e. The molecule has 2 N–H and O–H groups in total. The molecule has 7 nitrogen and oxygen atoms in total. The minimum absolute atomic E-state index is 0.296. The van der Waals surface area contributed by atoms with Gasteiger partial charge in [-0.05, 0) is 44.2 Å². The molecule has 7 heteroatoms. The van der Waals surface area contributed by atoms with Crippen molar-refractivity contribution >= 4 is 17.4 Å². The molecule has 1 aliphatic carbocycles. The molecule has 0 bridgehead atoms. The third-order valence-electron chi connectivity index (χ3n) is 4.68. The molecule has 0 saturated carbocycles. The SMILES string of the molecule is COc1ccc(NC(=O)c2cc(NCCC3=CCCCC3)ncn2)cc1OC. The third-order valence-corrected chi connectivity index (χ3v) is 4.68. The highest BCUT2D eigenvalue weighted by molar-refractivity contribution is 6.03. The summed E-state index contributed by atoms with van der Waals surface area (Å²) < 4.78 is 10.5. The van der Waals surface area contributed by atoms with Gasteiger partial charge in [0.2, 0.25) is 0 Å². The van der Waals surface area contributed by atoms with Crippen LogP contribution in [0.25, 0.3) is 0 Å². The van der Waals surface area contributed by atoms with Gasteiger partial charge in [0.15, 0.2) is 11.5 Å². The van der Waals surface area contributed by atoms with Crippen molar-refractivity contribution in [3.05, 3.63) is 47.9 Å². The van der Waals surface area contributed by atoms with Gasteiger partial charge in [0.05, 0.1) is 14.2 Å². The van der Waals surface area contributed by atoms with Gasteiger partial charge < -0.3 is 20.1 Å². The number of hydrogen-bond donors (Lipinski definition) is 2. The summed E-state index contributed by atoms with van der Waals surface area (Å²) in [5.41, 5.74) is 2.39. The number of ether oxygens (including phenoxy) is 2. The van der Waals surface area contributed by atoms with Crippen molar-refractivity contribution in [1.29, 1.82) is 0 Å². The van der Waals surface area contributed by atoms with E-state index >= 15 is 0 Å². The predicted molar refractivity (Wildman–Crippen MR) is 109 cm³/mol. The van der Waals surface area contributed by atoms with Crippen molar-refractivity contribution in [3.63, 3.8) is 0 Å². The van der Waals surface area contributed by atoms with Crippen LogP contribution in [0.15, 0.2) is 42.2 Å². The number of carbonyl (C=O) groups is 1. The summed E-state index contributed by atoms with van der Waals surface area (Å²) in [6.45, 7) is 0.791. The average molecular weight is 382 g/mol. The summed E-state index contributed by atoms with van der Waals surface area (Å²) in [7, 11) is 3.12. The van der Waals surface area contributed by atoms with Crippen molar-refractivity contribution in [2.45, 2.75) is 32.1 Å². The molecule has 28 heavy (non-hydrogen) atoms. The number of nitrogens with zero attached hydrogens (tertiary/aromatic N) is 2. The molecule has 1 aromatic carbocycles. The van der Waals surface area contributed by atoms with E-state index in [-0.39, 0.29) is 5.91 Å². The third kappa shape index (κ3) is 5.22. The molecule has 3 rings (SSSR count). The van der Waals surface area contributed by atoms with Gasteiger partial charge in [-0.1, -0.05) is 11.6 Å². The molecule has 0 saturated heterocycles. The number of benzene rings is 1. The summed E-state index contributed by atoms with van der Waals surface area (Å²) in [6, 6.07) is 6.85. The van der Waals surface area contributed by atoms with E-state index < -0.39 is 0 Å². The van der Waals surface area contributed by atoms with Gasteiger partial charge in [0.25, 0.3) is 5.91 Å². The number of carbonyl (C=O) groups excluding carboxylic acids is 1. The van der Waals surface area contributed by atoms with Crippen LogP contribution in [0.5, 0.6) is 11.5 Å². The molecule has 0 radical (unpaired) electrons. The van der Waals surface area contributed by atoms with Gasteiger partial charge in [0, 0.05) is 24.4 Å². The van der Waals surface area contributed by atoms with E-state index in [1.807, 2.05) is 0 Å². The van der Waals surface area contributed by atoms with E-state index in [4.69, 9.17) is 9.47 Å². The number of anilines is 2. The lowest BCUT2D eigenvalue weighted by molar-refractivity contribution is 0.102. The molecule has 0 atom stereocenters. The van der Waals surface area contributed by atoms with E-state index in [1.165, 1.54) is 37.6 Å². The zero-order chi connectivity index (χ0) is 19.8. The van der Waals surface area contributed by atoms with E-state index in [9.17, 15) is 4.79 Å². The Bertz CT molecular complexity index is 851. The Morgan fingerprint density at radius 3 is 2.71 bits per heavy atom. The van der Waals surface area contributed by atoms with E-state index in [1.54, 1.807) is 38.5 Å². The molecule has 1 aromatic heterocycles. The molecular weight excluding hydrogens is 356 g/mol. The molecule has 1 aliphatic rings. The van der Waals surface area contributed by atoms with Gasteiger partial charge in [-0.15, -0.1) is 0 Å². The fourth-order valence-corrected chi connectivity index (χ4v) is 3.17. The normalized spacial score (nSPS) is 13.4. The van der Waals surface area contributed by atoms with Crippen LogP contribution in [0.2, 0.25) is 0 Å². The topological polar surface area (TPSA) is 85.4 Å². The quantitative estimate of drug-likeness (QED) is 0.670. The number of hydrogen-bond acceptors (Lipinski definition) is 6. The number of nitrogens with one attached hydrogen (secondary N) is 2. The van der Waals surface area contributed by atoms with Gasteiger partial charge >= 0.3 is 0 Å². The number of aromatic nitrogens is 2. The summed E-state index contributed by atoms with van der Waals surface area (Å²) in [4.78, 5) is 20.8. The van der Waals surface area contributed by atoms with Crippen LogP contribution < -0.4 is 20.1 Å². The standard InChI is InChI=1S/C21H26N4O3/c1-27-18-9-8-16(12-19(18)28-2)25-21(26)17-13-20(24-14-23-17)22-11-10-15-6-4-3-5-7-15/h6,8-9,12-14H,3-5,7,10-11H2,1-2H3,(H,25,26)(H,22,23,24). The Morgan fingerprint density at radius 2 is 1.96 bits per heavy atom. The molecule has 1 amide bonds. The van der Waals surface area contributed by atoms with Crippen LogP contribution in [0.3, 0.4) is 0 Å². The Labute approximate surface area is 165 Å². The first-order chi connectivity index (χ1) is 13.7. The molecule has 0 unspecified atom stereocenters. The second kappa shape index (κ2) is 9.73. The first kappa shape index (κ1) is 19.7. The summed E-state index contributed by atoms with van der Waals surface area (Å²) >= 11 is 0. The lowest BCUT2D eigenvalue weighted by atomic mass is 9.97. The zero-order valence-corrected chi connectivity index (χ0v) is 16.3. The summed E-state index contributed by atoms with van der Waals surface area (Å²) in [5, 5.41) is 6.09. The maximum atomic E-state index is 12.5. The molecule has 0 aliphatic heterocycles. The maximum absolute atomic E-state index is 12.5. The number of allylic oxidation sites excluding steroid dienone is 1. The minimum atomic E-state index is -0.312. The summed E-state index contributed by atoms with van der Waals surface area (Å²) in [6.07, 6.45) is 9.67. The molecular formula is C21H26N4O3. The van der Waals surface area contributed by atoms with E-state index in [0.29, 0.717) is 28.7 Å². The first-order valence-electron chi connectivity index (χ1n) is 9.47. The second-order valence-electron chi connectivity index (χ2n) is 6.60. The fourth-order valence-electron chi connectivity index (χ4n) is 3.17. The van der Waals surface area contributed by atoms with Crippen molar-refractivity contribution in [2.24, 2.45) is 0 Å². The number of amides is 1. The number of rotatable bonds is 8. The Morgan fingerprint density at radius 1 is 1.11 bits per heavy atom. The zero-order valence-electron chi connectivity index (χ0n) is 16.3. The van der Waals surface area contributed by atoms with E-state index in [2.05, 4.69) is 26.7 Å². The van der Waals surface area contributed by atoms with Crippen molar-refractivity contribution in [1.82, 2.24) is 9.97 Å². The highest BCUT2D eigenvalue weighted by Crippen LogP contribution is 2.29. The molecule has 148 valence electrons. The van der Waals surface area contributed by atoms with Crippen LogP contribution in [0.1, 0.15) is 42.6 Å². The number of methoxy groups -OCH3 is 2. The Hall–Kier alpha value is -3.09. The highest BCUT2D eigenvalue weighted by atomic mass is 16.5. The van der Waals surface area contributed by atoms with E-state index in [0.717, 1.165) is 13.0 Å². The van der Waals surface area contributed by atoms with Crippen molar-refractivity contribution < 1.29 is 14.3 Å². The molecule has 1 heterocycles. The van der Waals surface area contributed by atoms with Crippen LogP contribution in [-0.4, -0.2) is 36.6 Å². The van der Waals surface area contributed by atoms with Crippen molar-refractivity contribution in [3.8, 4) is 11.5 Å². The largest absolute Gasteiger partial charge is 0.493 e. The Kier molecular flexibility index (Phi) is 6.84. The molecule has 0 fully saturated rings. The minimum Gasteiger partial charge on any atom is -0.493 e. The maximum Gasteiger partial charge on any atom is 0.274 e. The van der Waals surface area contributed by atoms with Crippen molar-refractivity contribution in [2.75, 3.05) is 31.4 Å². The second-order valence-corrected chi connectivity index (χ2v) is 6.60. The van der Waals surface area contributed by atoms with Gasteiger partial charge in [-0.2, -0.15) is 0 Å². The highest BCUT2D eigenvalue weighted by Gasteiger charge is 2.12. The van der Waals surface area contributed by atoms with Crippen LogP contribution >= 0.6 is 0 Å². The predicted octanol–water partition coefficient (Wildman–Crippen LogP) is 4.05. The average Bonchev–Trinajstić information content (AvgIpc) is 2.74. The Balaban J connectivity index is 1.59. The fraction of sp³-hybridized carbons (Fsp3) is 0.381. The van der Waals surface area contributed by atoms with Crippen LogP contribution in [-0.2, 0) is 0 Å². The van der Waals surface area contributed by atoms with Crippen LogP contribution in [0.4, 0.5) is 11.5 Å². The van der Waals surface area contributed by atoms with Gasteiger partial charge in [-0.25, -0.2) is 9.97 Å². The summed E-state index contributed by atoms with van der Waals surface area (Å²) in [5.74, 6) is 1.47. The van der Waals surface area contributed by atoms with Gasteiger partial charge in [0.1, 0.15) is 17.8 Å². The first-order valence-corrected chi connectivity index (χ1v) is 9.47. The van der Waals surface area contributed by atoms with Gasteiger partial charge in [-0.3, -0.25) is 4.79 Å². The van der Waals surface area contributed by atoms with Crippen LogP contribution in [0, 0.1) is 0 Å². The lowest BCUT2D eigenvalue weighted by Crippen LogP contribution is -2.15. The lowest BCUT2D eigenvalue weighted by Gasteiger charge is -2.13. The molecule has 2 aromatic rings.